The van der Waals surface area contributed by atoms with E-state index in [1.54, 1.807) is 6.07 Å². The van der Waals surface area contributed by atoms with Gasteiger partial charge < -0.3 is 19.9 Å². The Kier molecular flexibility index (Phi) is 4.23. The van der Waals surface area contributed by atoms with Crippen LogP contribution in [-0.2, 0) is 4.74 Å². The van der Waals surface area contributed by atoms with Crippen LogP contribution in [0, 0.1) is 12.3 Å². The molecule has 17 heavy (non-hydrogen) atoms. The van der Waals surface area contributed by atoms with E-state index < -0.39 is 5.97 Å². The molecule has 0 atom stereocenters. The number of hydrogen-bond acceptors (Lipinski definition) is 5. The van der Waals surface area contributed by atoms with E-state index in [0.29, 0.717) is 12.2 Å². The number of terminal acetylenes is 1. The number of rotatable bonds is 4. The molecular formula is C12H13NO4. The zero-order valence-electron chi connectivity index (χ0n) is 9.61. The molecule has 5 heteroatoms. The summed E-state index contributed by atoms with van der Waals surface area (Å²) in [6, 6.07) is 2.94. The second-order valence-electron chi connectivity index (χ2n) is 3.12. The molecule has 0 aliphatic carbocycles. The molecule has 0 saturated heterocycles. The van der Waals surface area contributed by atoms with Crippen molar-refractivity contribution in [3.05, 3.63) is 17.7 Å². The van der Waals surface area contributed by atoms with Crippen molar-refractivity contribution in [1.82, 2.24) is 0 Å². The Morgan fingerprint density at radius 2 is 2.24 bits per heavy atom. The van der Waals surface area contributed by atoms with Gasteiger partial charge in [-0.2, -0.15) is 0 Å². The van der Waals surface area contributed by atoms with Crippen LogP contribution in [0.1, 0.15) is 10.4 Å². The minimum Gasteiger partial charge on any atom is -0.507 e. The maximum absolute atomic E-state index is 11.4. The number of anilines is 1. The van der Waals surface area contributed by atoms with Crippen molar-refractivity contribution < 1.29 is 19.4 Å². The summed E-state index contributed by atoms with van der Waals surface area (Å²) in [5.74, 6) is 1.73. The Morgan fingerprint density at radius 1 is 1.53 bits per heavy atom. The summed E-state index contributed by atoms with van der Waals surface area (Å²) < 4.78 is 9.57. The lowest BCUT2D eigenvalue weighted by molar-refractivity contribution is 0.0593. The van der Waals surface area contributed by atoms with Gasteiger partial charge >= 0.3 is 5.97 Å². The summed E-state index contributed by atoms with van der Waals surface area (Å²) in [4.78, 5) is 11.4. The van der Waals surface area contributed by atoms with Crippen LogP contribution in [-0.4, -0.2) is 31.8 Å². The highest BCUT2D eigenvalue weighted by Crippen LogP contribution is 2.32. The number of ether oxygens (including phenoxy) is 2. The van der Waals surface area contributed by atoms with Crippen LogP contribution in [0.25, 0.3) is 0 Å². The number of phenols is 1. The third-order valence-corrected chi connectivity index (χ3v) is 2.09. The topological polar surface area (TPSA) is 67.8 Å². The third-order valence-electron chi connectivity index (χ3n) is 2.09. The first kappa shape index (κ1) is 12.7. The predicted molar refractivity (Wildman–Crippen MR) is 63.3 cm³/mol. The molecule has 1 rings (SSSR count). The maximum atomic E-state index is 11.4. The molecule has 0 fully saturated rings. The second-order valence-corrected chi connectivity index (χ2v) is 3.12. The fourth-order valence-corrected chi connectivity index (χ4v) is 1.32. The average Bonchev–Trinajstić information content (AvgIpc) is 2.34. The molecule has 5 nitrogen and oxygen atoms in total. The molecule has 0 aliphatic rings. The smallest absolute Gasteiger partial charge is 0.345 e. The largest absolute Gasteiger partial charge is 0.507 e. The Bertz CT molecular complexity index is 462. The van der Waals surface area contributed by atoms with Gasteiger partial charge in [0.05, 0.1) is 20.8 Å². The zero-order chi connectivity index (χ0) is 12.8. The van der Waals surface area contributed by atoms with Gasteiger partial charge in [0.1, 0.15) is 17.1 Å². The van der Waals surface area contributed by atoms with Crippen molar-refractivity contribution in [3.63, 3.8) is 0 Å². The molecule has 0 heterocycles. The molecule has 1 aromatic carbocycles. The average molecular weight is 235 g/mol. The van der Waals surface area contributed by atoms with E-state index in [0.717, 1.165) is 0 Å². The molecule has 0 unspecified atom stereocenters. The fourth-order valence-electron chi connectivity index (χ4n) is 1.32. The lowest BCUT2D eigenvalue weighted by Gasteiger charge is -2.11. The summed E-state index contributed by atoms with van der Waals surface area (Å²) in [5, 5.41) is 12.6. The van der Waals surface area contributed by atoms with Crippen LogP contribution >= 0.6 is 0 Å². The first-order chi connectivity index (χ1) is 8.13. The van der Waals surface area contributed by atoms with E-state index in [-0.39, 0.29) is 17.1 Å². The number of benzene rings is 1. The molecule has 0 aromatic heterocycles. The summed E-state index contributed by atoms with van der Waals surface area (Å²) in [6.07, 6.45) is 5.10. The fraction of sp³-hybridized carbons (Fsp3) is 0.250. The first-order valence-corrected chi connectivity index (χ1v) is 4.80. The summed E-state index contributed by atoms with van der Waals surface area (Å²) in [5.41, 5.74) is 0.547. The highest BCUT2D eigenvalue weighted by molar-refractivity contribution is 5.96. The number of carbonyl (C=O) groups excluding carboxylic acids is 1. The van der Waals surface area contributed by atoms with Crippen molar-refractivity contribution in [2.24, 2.45) is 0 Å². The SMILES string of the molecule is C#CCNc1cc(O)c(C(=O)OC)c(OC)c1. The Morgan fingerprint density at radius 3 is 2.76 bits per heavy atom. The van der Waals surface area contributed by atoms with Gasteiger partial charge in [-0.1, -0.05) is 5.92 Å². The van der Waals surface area contributed by atoms with Gasteiger partial charge in [0.2, 0.25) is 0 Å². The van der Waals surface area contributed by atoms with Crippen LogP contribution in [0.4, 0.5) is 5.69 Å². The lowest BCUT2D eigenvalue weighted by atomic mass is 10.1. The normalized spacial score (nSPS) is 9.24. The highest BCUT2D eigenvalue weighted by Gasteiger charge is 2.19. The van der Waals surface area contributed by atoms with Crippen LogP contribution in [0.2, 0.25) is 0 Å². The molecule has 0 spiro atoms. The molecule has 0 saturated carbocycles. The first-order valence-electron chi connectivity index (χ1n) is 4.80. The van der Waals surface area contributed by atoms with Crippen LogP contribution in [0.3, 0.4) is 0 Å². The molecule has 90 valence electrons. The Labute approximate surface area is 99.4 Å². The van der Waals surface area contributed by atoms with Gasteiger partial charge in [-0.25, -0.2) is 4.79 Å². The molecular weight excluding hydrogens is 222 g/mol. The lowest BCUT2D eigenvalue weighted by Crippen LogP contribution is -2.06. The van der Waals surface area contributed by atoms with Gasteiger partial charge in [-0.05, 0) is 0 Å². The van der Waals surface area contributed by atoms with Crippen molar-refractivity contribution in [3.8, 4) is 23.8 Å². The number of esters is 1. The monoisotopic (exact) mass is 235 g/mol. The minimum atomic E-state index is -0.664. The highest BCUT2D eigenvalue weighted by atomic mass is 16.5. The summed E-state index contributed by atoms with van der Waals surface area (Å²) in [6.45, 7) is 0.306. The third kappa shape index (κ3) is 2.82. The van der Waals surface area contributed by atoms with Gasteiger partial charge in [-0.15, -0.1) is 6.42 Å². The van der Waals surface area contributed by atoms with E-state index in [1.165, 1.54) is 20.3 Å². The van der Waals surface area contributed by atoms with Crippen LogP contribution < -0.4 is 10.1 Å². The Balaban J connectivity index is 3.17. The molecule has 0 amide bonds. The van der Waals surface area contributed by atoms with E-state index in [1.807, 2.05) is 0 Å². The van der Waals surface area contributed by atoms with Gasteiger partial charge in [0.15, 0.2) is 0 Å². The summed E-state index contributed by atoms with van der Waals surface area (Å²) in [7, 11) is 2.62. The van der Waals surface area contributed by atoms with E-state index in [9.17, 15) is 9.90 Å². The molecule has 0 aliphatic heterocycles. The van der Waals surface area contributed by atoms with Gasteiger partial charge in [0.25, 0.3) is 0 Å². The van der Waals surface area contributed by atoms with Crippen molar-refractivity contribution in [2.45, 2.75) is 0 Å². The van der Waals surface area contributed by atoms with Crippen molar-refractivity contribution in [2.75, 3.05) is 26.1 Å². The predicted octanol–water partition coefficient (Wildman–Crippen LogP) is 1.23. The van der Waals surface area contributed by atoms with E-state index >= 15 is 0 Å². The number of phenolic OH excluding ortho intramolecular Hbond substituents is 1. The second kappa shape index (κ2) is 5.66. The number of methoxy groups -OCH3 is 2. The molecule has 2 N–H and O–H groups in total. The molecule has 0 bridgehead atoms. The van der Waals surface area contributed by atoms with Crippen LogP contribution in [0.15, 0.2) is 12.1 Å². The quantitative estimate of drug-likeness (QED) is 0.607. The number of nitrogens with one attached hydrogen (secondary N) is 1. The molecule has 1 aromatic rings. The van der Waals surface area contributed by atoms with Crippen molar-refractivity contribution >= 4 is 11.7 Å². The molecule has 0 radical (unpaired) electrons. The van der Waals surface area contributed by atoms with Gasteiger partial charge in [0, 0.05) is 17.8 Å². The van der Waals surface area contributed by atoms with Gasteiger partial charge in [-0.3, -0.25) is 0 Å². The van der Waals surface area contributed by atoms with Crippen LogP contribution in [0.5, 0.6) is 11.5 Å². The maximum Gasteiger partial charge on any atom is 0.345 e. The number of hydrogen-bond donors (Lipinski definition) is 2. The summed E-state index contributed by atoms with van der Waals surface area (Å²) >= 11 is 0. The number of aromatic hydroxyl groups is 1. The number of carbonyl (C=O) groups is 1. The Hall–Kier alpha value is -2.35. The standard InChI is InChI=1S/C12H13NO4/c1-4-5-13-8-6-9(14)11(12(15)17-3)10(7-8)16-2/h1,6-7,13-14H,5H2,2-3H3. The minimum absolute atomic E-state index is 0.0127. The van der Waals surface area contributed by atoms with E-state index in [2.05, 4.69) is 16.0 Å². The van der Waals surface area contributed by atoms with E-state index in [4.69, 9.17) is 11.2 Å². The van der Waals surface area contributed by atoms with Crippen molar-refractivity contribution in [1.29, 1.82) is 0 Å². The zero-order valence-corrected chi connectivity index (χ0v) is 9.61.